The fourth-order valence-electron chi connectivity index (χ4n) is 2.93. The van der Waals surface area contributed by atoms with Gasteiger partial charge in [-0.25, -0.2) is 8.42 Å². The Morgan fingerprint density at radius 2 is 1.80 bits per heavy atom. The molecule has 0 aliphatic heterocycles. The molecule has 0 unspecified atom stereocenters. The van der Waals surface area contributed by atoms with Crippen molar-refractivity contribution in [3.05, 3.63) is 54.2 Å². The lowest BCUT2D eigenvalue weighted by molar-refractivity contribution is 0.607. The fraction of sp³-hybridized carbons (Fsp3) is 0.200. The molecule has 0 spiro atoms. The van der Waals surface area contributed by atoms with Crippen molar-refractivity contribution < 1.29 is 8.42 Å². The smallest absolute Gasteiger partial charge is 0.229 e. The molecular formula is C20H20N2O2S. The third-order valence-corrected chi connectivity index (χ3v) is 4.66. The first-order chi connectivity index (χ1) is 11.8. The van der Waals surface area contributed by atoms with Crippen molar-refractivity contribution in [3.8, 4) is 23.5 Å². The number of fused-ring (bicyclic) bond motifs is 1. The summed E-state index contributed by atoms with van der Waals surface area (Å²) in [5, 5.41) is 1.07. The second-order valence-electron chi connectivity index (χ2n) is 6.37. The van der Waals surface area contributed by atoms with E-state index in [-0.39, 0.29) is 6.04 Å². The lowest BCUT2D eigenvalue weighted by atomic mass is 10.0. The molecule has 5 heteroatoms. The van der Waals surface area contributed by atoms with Crippen LogP contribution in [0, 0.1) is 12.3 Å². The second-order valence-corrected chi connectivity index (χ2v) is 8.12. The maximum atomic E-state index is 11.5. The van der Waals surface area contributed by atoms with Gasteiger partial charge in [0.25, 0.3) is 0 Å². The molecule has 1 aromatic heterocycles. The number of anilines is 1. The zero-order chi connectivity index (χ0) is 18.2. The largest absolute Gasteiger partial charge is 0.344 e. The highest BCUT2D eigenvalue weighted by atomic mass is 32.2. The monoisotopic (exact) mass is 352 g/mol. The highest BCUT2D eigenvalue weighted by Gasteiger charge is 2.14. The van der Waals surface area contributed by atoms with E-state index >= 15 is 0 Å². The summed E-state index contributed by atoms with van der Waals surface area (Å²) in [6, 6.07) is 13.7. The van der Waals surface area contributed by atoms with E-state index < -0.39 is 10.0 Å². The summed E-state index contributed by atoms with van der Waals surface area (Å²) >= 11 is 0. The zero-order valence-electron chi connectivity index (χ0n) is 14.4. The first kappa shape index (κ1) is 17.1. The summed E-state index contributed by atoms with van der Waals surface area (Å²) in [5.41, 5.74) is 4.56. The molecule has 1 heterocycles. The number of rotatable bonds is 4. The Balaban J connectivity index is 2.18. The molecule has 25 heavy (non-hydrogen) atoms. The molecule has 0 saturated carbocycles. The summed E-state index contributed by atoms with van der Waals surface area (Å²) in [6.45, 7) is 4.20. The van der Waals surface area contributed by atoms with Gasteiger partial charge in [0.2, 0.25) is 10.0 Å². The van der Waals surface area contributed by atoms with Crippen LogP contribution in [0.25, 0.3) is 22.0 Å². The van der Waals surface area contributed by atoms with Gasteiger partial charge in [0.1, 0.15) is 0 Å². The normalized spacial score (nSPS) is 11.6. The standard InChI is InChI=1S/C20H20N2O2S/c1-5-15-6-8-16(9-7-15)19-13-22(14(2)3)20-12-17(10-11-18(19)20)21-25(4,23)24/h1,6-14,21H,2-4H3. The Morgan fingerprint density at radius 3 is 2.36 bits per heavy atom. The van der Waals surface area contributed by atoms with Crippen LogP contribution < -0.4 is 4.72 Å². The van der Waals surface area contributed by atoms with Crippen LogP contribution >= 0.6 is 0 Å². The maximum Gasteiger partial charge on any atom is 0.229 e. The molecule has 0 bridgehead atoms. The molecule has 3 aromatic rings. The van der Waals surface area contributed by atoms with Crippen molar-refractivity contribution in [2.45, 2.75) is 19.9 Å². The highest BCUT2D eigenvalue weighted by Crippen LogP contribution is 2.34. The quantitative estimate of drug-likeness (QED) is 0.714. The van der Waals surface area contributed by atoms with Crippen LogP contribution in [0.2, 0.25) is 0 Å². The van der Waals surface area contributed by atoms with Crippen LogP contribution in [0.15, 0.2) is 48.7 Å². The van der Waals surface area contributed by atoms with Crippen LogP contribution in [0.1, 0.15) is 25.5 Å². The molecule has 0 aliphatic rings. The summed E-state index contributed by atoms with van der Waals surface area (Å²) in [5.74, 6) is 2.63. The van der Waals surface area contributed by atoms with Crippen molar-refractivity contribution in [1.82, 2.24) is 4.57 Å². The lowest BCUT2D eigenvalue weighted by Crippen LogP contribution is -2.09. The number of nitrogens with zero attached hydrogens (tertiary/aromatic N) is 1. The third kappa shape index (κ3) is 3.54. The summed E-state index contributed by atoms with van der Waals surface area (Å²) in [4.78, 5) is 0. The van der Waals surface area contributed by atoms with Crippen molar-refractivity contribution >= 4 is 26.6 Å². The van der Waals surface area contributed by atoms with Gasteiger partial charge in [0.05, 0.1) is 17.5 Å². The van der Waals surface area contributed by atoms with E-state index in [4.69, 9.17) is 6.42 Å². The van der Waals surface area contributed by atoms with E-state index in [1.807, 2.05) is 36.4 Å². The molecular weight excluding hydrogens is 332 g/mol. The topological polar surface area (TPSA) is 51.1 Å². The van der Waals surface area contributed by atoms with Crippen molar-refractivity contribution in [2.75, 3.05) is 11.0 Å². The van der Waals surface area contributed by atoms with E-state index in [0.717, 1.165) is 33.8 Å². The Morgan fingerprint density at radius 1 is 1.12 bits per heavy atom. The first-order valence-electron chi connectivity index (χ1n) is 7.98. The van der Waals surface area contributed by atoms with Crippen LogP contribution in [0.5, 0.6) is 0 Å². The van der Waals surface area contributed by atoms with Gasteiger partial charge in [0, 0.05) is 28.8 Å². The molecule has 0 amide bonds. The van der Waals surface area contributed by atoms with Gasteiger partial charge >= 0.3 is 0 Å². The molecule has 0 radical (unpaired) electrons. The average Bonchev–Trinajstić information content (AvgIpc) is 2.92. The number of benzene rings is 2. The Labute approximate surface area is 148 Å². The lowest BCUT2D eigenvalue weighted by Gasteiger charge is -2.10. The Hall–Kier alpha value is -2.71. The fourth-order valence-corrected chi connectivity index (χ4v) is 3.49. The van der Waals surface area contributed by atoms with Crippen molar-refractivity contribution in [1.29, 1.82) is 0 Å². The van der Waals surface area contributed by atoms with Crippen LogP contribution in [-0.4, -0.2) is 19.2 Å². The number of hydrogen-bond acceptors (Lipinski definition) is 2. The van der Waals surface area contributed by atoms with Crippen LogP contribution in [0.4, 0.5) is 5.69 Å². The van der Waals surface area contributed by atoms with Gasteiger partial charge < -0.3 is 4.57 Å². The highest BCUT2D eigenvalue weighted by molar-refractivity contribution is 7.92. The molecule has 0 saturated heterocycles. The van der Waals surface area contributed by atoms with E-state index in [1.165, 1.54) is 0 Å². The summed E-state index contributed by atoms with van der Waals surface area (Å²) < 4.78 is 27.7. The van der Waals surface area contributed by atoms with Crippen LogP contribution in [-0.2, 0) is 10.0 Å². The van der Waals surface area contributed by atoms with Gasteiger partial charge in [-0.2, -0.15) is 0 Å². The Bertz CT molecular complexity index is 1070. The molecule has 3 rings (SSSR count). The predicted octanol–water partition coefficient (Wildman–Crippen LogP) is 4.24. The Kier molecular flexibility index (Phi) is 4.32. The van der Waals surface area contributed by atoms with E-state index in [9.17, 15) is 8.42 Å². The molecule has 128 valence electrons. The minimum atomic E-state index is -3.31. The summed E-state index contributed by atoms with van der Waals surface area (Å²) in [6.07, 6.45) is 8.68. The van der Waals surface area contributed by atoms with E-state index in [0.29, 0.717) is 5.69 Å². The van der Waals surface area contributed by atoms with Gasteiger partial charge in [0.15, 0.2) is 0 Å². The van der Waals surface area contributed by atoms with E-state index in [1.54, 1.807) is 6.07 Å². The van der Waals surface area contributed by atoms with Gasteiger partial charge in [-0.3, -0.25) is 4.72 Å². The molecule has 2 aromatic carbocycles. The number of sulfonamides is 1. The second kappa shape index (κ2) is 6.30. The minimum Gasteiger partial charge on any atom is -0.344 e. The third-order valence-electron chi connectivity index (χ3n) is 4.06. The molecule has 0 fully saturated rings. The molecule has 1 N–H and O–H groups in total. The van der Waals surface area contributed by atoms with Gasteiger partial charge in [-0.1, -0.05) is 24.1 Å². The zero-order valence-corrected chi connectivity index (χ0v) is 15.3. The number of aromatic nitrogens is 1. The number of hydrogen-bond donors (Lipinski definition) is 1. The summed E-state index contributed by atoms with van der Waals surface area (Å²) in [7, 11) is -3.31. The number of terminal acetylenes is 1. The van der Waals surface area contributed by atoms with Crippen LogP contribution in [0.3, 0.4) is 0 Å². The van der Waals surface area contributed by atoms with Gasteiger partial charge in [-0.05, 0) is 43.7 Å². The van der Waals surface area contributed by atoms with Crippen molar-refractivity contribution in [2.24, 2.45) is 0 Å². The first-order valence-corrected chi connectivity index (χ1v) is 9.87. The molecule has 0 atom stereocenters. The average molecular weight is 352 g/mol. The SMILES string of the molecule is C#Cc1ccc(-c2cn(C(C)C)c3cc(NS(C)(=O)=O)ccc23)cc1. The maximum absolute atomic E-state index is 11.5. The van der Waals surface area contributed by atoms with Gasteiger partial charge in [-0.15, -0.1) is 6.42 Å². The predicted molar refractivity (Wildman–Crippen MR) is 104 cm³/mol. The van der Waals surface area contributed by atoms with Crippen molar-refractivity contribution in [3.63, 3.8) is 0 Å². The number of nitrogens with one attached hydrogen (secondary N) is 1. The molecule has 4 nitrogen and oxygen atoms in total. The molecule has 0 aliphatic carbocycles. The van der Waals surface area contributed by atoms with E-state index in [2.05, 4.69) is 35.3 Å². The minimum absolute atomic E-state index is 0.245.